The third-order valence-electron chi connectivity index (χ3n) is 3.85. The standard InChI is InChI=1S/C9H15N2.C7H8O3S/c1-10-6-7-11(8-10)9-4-2-3-5-9;1-6-2-4-7(5-3-6)11(8,9)10/h6-9H,2-5H2,1H3;2-5H,1H3,(H,8,9,10)/q+1;/p-1. The predicted octanol–water partition coefficient (Wildman–Crippen LogP) is 2.33. The average molecular weight is 322 g/mol. The molecule has 6 heteroatoms. The van der Waals surface area contributed by atoms with E-state index in [9.17, 15) is 13.0 Å². The van der Waals surface area contributed by atoms with Crippen LogP contribution in [0, 0.1) is 6.92 Å². The first-order valence-electron chi connectivity index (χ1n) is 7.41. The summed E-state index contributed by atoms with van der Waals surface area (Å²) >= 11 is 0. The van der Waals surface area contributed by atoms with E-state index in [1.165, 1.54) is 37.8 Å². The van der Waals surface area contributed by atoms with Gasteiger partial charge in [0.05, 0.1) is 11.9 Å². The van der Waals surface area contributed by atoms with E-state index in [1.54, 1.807) is 12.1 Å². The van der Waals surface area contributed by atoms with Crippen LogP contribution in [-0.2, 0) is 17.2 Å². The summed E-state index contributed by atoms with van der Waals surface area (Å²) < 4.78 is 35.6. The maximum absolute atomic E-state index is 10.4. The summed E-state index contributed by atoms with van der Waals surface area (Å²) in [7, 11) is -2.19. The summed E-state index contributed by atoms with van der Waals surface area (Å²) in [5, 5.41) is 0. The second-order valence-electron chi connectivity index (χ2n) is 5.73. The van der Waals surface area contributed by atoms with Gasteiger partial charge in [-0.05, 0) is 44.7 Å². The summed E-state index contributed by atoms with van der Waals surface area (Å²) in [6.45, 7) is 1.82. The zero-order valence-corrected chi connectivity index (χ0v) is 13.8. The van der Waals surface area contributed by atoms with E-state index in [4.69, 9.17) is 0 Å². The van der Waals surface area contributed by atoms with Crippen molar-refractivity contribution in [3.8, 4) is 0 Å². The highest BCUT2D eigenvalue weighted by atomic mass is 32.2. The van der Waals surface area contributed by atoms with Crippen molar-refractivity contribution in [3.63, 3.8) is 0 Å². The van der Waals surface area contributed by atoms with Crippen molar-refractivity contribution in [2.45, 2.75) is 43.5 Å². The van der Waals surface area contributed by atoms with Crippen molar-refractivity contribution in [2.75, 3.05) is 0 Å². The highest BCUT2D eigenvalue weighted by Gasteiger charge is 2.20. The minimum Gasteiger partial charge on any atom is -0.744 e. The predicted molar refractivity (Wildman–Crippen MR) is 82.3 cm³/mol. The minimum absolute atomic E-state index is 0.178. The Balaban J connectivity index is 0.000000160. The number of aryl methyl sites for hydroxylation is 2. The van der Waals surface area contributed by atoms with Crippen LogP contribution < -0.4 is 4.57 Å². The lowest BCUT2D eigenvalue weighted by molar-refractivity contribution is -0.671. The second-order valence-corrected chi connectivity index (χ2v) is 7.11. The molecule has 22 heavy (non-hydrogen) atoms. The fraction of sp³-hybridized carbons (Fsp3) is 0.438. The summed E-state index contributed by atoms with van der Waals surface area (Å²) in [5.74, 6) is 0. The summed E-state index contributed by atoms with van der Waals surface area (Å²) in [6, 6.07) is 6.57. The largest absolute Gasteiger partial charge is 0.744 e. The molecule has 0 unspecified atom stereocenters. The van der Waals surface area contributed by atoms with Gasteiger partial charge in [-0.3, -0.25) is 0 Å². The van der Waals surface area contributed by atoms with Gasteiger partial charge in [-0.2, -0.15) is 0 Å². The first-order valence-corrected chi connectivity index (χ1v) is 8.82. The Labute approximate surface area is 132 Å². The fourth-order valence-corrected chi connectivity index (χ4v) is 3.06. The maximum atomic E-state index is 10.4. The van der Waals surface area contributed by atoms with Gasteiger partial charge in [-0.15, -0.1) is 0 Å². The Hall–Kier alpha value is -1.66. The summed E-state index contributed by atoms with van der Waals surface area (Å²) in [6.07, 6.45) is 12.0. The van der Waals surface area contributed by atoms with Gasteiger partial charge in [-0.1, -0.05) is 17.7 Å². The molecule has 0 aliphatic heterocycles. The molecule has 5 nitrogen and oxygen atoms in total. The molecule has 0 amide bonds. The molecule has 120 valence electrons. The zero-order chi connectivity index (χ0) is 16.2. The van der Waals surface area contributed by atoms with E-state index >= 15 is 0 Å². The van der Waals surface area contributed by atoms with Gasteiger partial charge in [0.2, 0.25) is 6.33 Å². The third kappa shape index (κ3) is 4.68. The van der Waals surface area contributed by atoms with Crippen molar-refractivity contribution in [3.05, 3.63) is 48.5 Å². The van der Waals surface area contributed by atoms with Crippen LogP contribution >= 0.6 is 0 Å². The van der Waals surface area contributed by atoms with Crippen LogP contribution in [0.4, 0.5) is 0 Å². The molecule has 1 aromatic heterocycles. The van der Waals surface area contributed by atoms with E-state index in [-0.39, 0.29) is 4.90 Å². The number of hydrogen-bond donors (Lipinski definition) is 0. The monoisotopic (exact) mass is 322 g/mol. The zero-order valence-electron chi connectivity index (χ0n) is 13.0. The Bertz CT molecular complexity index is 699. The molecule has 1 aromatic carbocycles. The van der Waals surface area contributed by atoms with E-state index in [2.05, 4.69) is 34.9 Å². The van der Waals surface area contributed by atoms with Crippen molar-refractivity contribution < 1.29 is 17.5 Å². The van der Waals surface area contributed by atoms with Gasteiger partial charge in [0.15, 0.2) is 0 Å². The molecule has 3 rings (SSSR count). The van der Waals surface area contributed by atoms with E-state index in [0.717, 1.165) is 11.6 Å². The van der Waals surface area contributed by atoms with E-state index in [0.29, 0.717) is 0 Å². The normalized spacial score (nSPS) is 15.4. The summed E-state index contributed by atoms with van der Waals surface area (Å²) in [5.41, 5.74) is 0.928. The molecule has 0 N–H and O–H groups in total. The van der Waals surface area contributed by atoms with E-state index < -0.39 is 10.1 Å². The minimum atomic E-state index is -4.27. The third-order valence-corrected chi connectivity index (χ3v) is 4.69. The Morgan fingerprint density at radius 3 is 2.23 bits per heavy atom. The van der Waals surface area contributed by atoms with Crippen molar-refractivity contribution in [1.29, 1.82) is 0 Å². The van der Waals surface area contributed by atoms with Crippen LogP contribution in [-0.4, -0.2) is 17.5 Å². The Morgan fingerprint density at radius 1 is 1.18 bits per heavy atom. The quantitative estimate of drug-likeness (QED) is 0.629. The molecule has 0 bridgehead atoms. The van der Waals surface area contributed by atoms with Gasteiger partial charge in [0.25, 0.3) is 0 Å². The van der Waals surface area contributed by atoms with Crippen molar-refractivity contribution in [1.82, 2.24) is 4.57 Å². The van der Waals surface area contributed by atoms with Gasteiger partial charge in [-0.25, -0.2) is 17.6 Å². The van der Waals surface area contributed by atoms with Crippen molar-refractivity contribution in [2.24, 2.45) is 7.05 Å². The Morgan fingerprint density at radius 2 is 1.77 bits per heavy atom. The smallest absolute Gasteiger partial charge is 0.243 e. The number of rotatable bonds is 2. The number of imidazole rings is 1. The first-order chi connectivity index (χ1) is 10.4. The molecule has 1 aliphatic carbocycles. The lowest BCUT2D eigenvalue weighted by Gasteiger charge is -2.05. The van der Waals surface area contributed by atoms with Crippen LogP contribution in [0.2, 0.25) is 0 Å². The average Bonchev–Trinajstić information content (AvgIpc) is 3.09. The van der Waals surface area contributed by atoms with Gasteiger partial charge in [0.1, 0.15) is 28.6 Å². The Kier molecular flexibility index (Phi) is 5.37. The molecule has 1 saturated carbocycles. The highest BCUT2D eigenvalue weighted by molar-refractivity contribution is 7.85. The molecule has 1 aliphatic rings. The molecule has 0 radical (unpaired) electrons. The lowest BCUT2D eigenvalue weighted by atomic mass is 10.2. The number of aromatic nitrogens is 2. The molecular weight excluding hydrogens is 300 g/mol. The van der Waals surface area contributed by atoms with Crippen LogP contribution in [0.5, 0.6) is 0 Å². The molecule has 1 fully saturated rings. The topological polar surface area (TPSA) is 66.0 Å². The SMILES string of the molecule is C[n+]1ccn(C2CCCC2)c1.Cc1ccc(S(=O)(=O)[O-])cc1. The summed E-state index contributed by atoms with van der Waals surface area (Å²) in [4.78, 5) is -0.178. The van der Waals surface area contributed by atoms with Crippen LogP contribution in [0.15, 0.2) is 47.9 Å². The van der Waals surface area contributed by atoms with Crippen LogP contribution in [0.3, 0.4) is 0 Å². The van der Waals surface area contributed by atoms with Crippen LogP contribution in [0.25, 0.3) is 0 Å². The molecule has 0 saturated heterocycles. The van der Waals surface area contributed by atoms with Crippen molar-refractivity contribution >= 4 is 10.1 Å². The van der Waals surface area contributed by atoms with Crippen LogP contribution in [0.1, 0.15) is 37.3 Å². The van der Waals surface area contributed by atoms with Gasteiger partial charge < -0.3 is 4.55 Å². The molecular formula is C16H22N2O3S. The first kappa shape index (κ1) is 16.7. The van der Waals surface area contributed by atoms with Gasteiger partial charge >= 0.3 is 0 Å². The number of nitrogens with zero attached hydrogens (tertiary/aromatic N) is 2. The molecule has 0 atom stereocenters. The van der Waals surface area contributed by atoms with E-state index in [1.807, 2.05) is 6.92 Å². The number of benzene rings is 1. The molecule has 2 aromatic rings. The molecule has 1 heterocycles. The highest BCUT2D eigenvalue weighted by Crippen LogP contribution is 2.28. The maximum Gasteiger partial charge on any atom is 0.243 e. The molecule has 0 spiro atoms. The fourth-order valence-electron chi connectivity index (χ4n) is 2.59. The van der Waals surface area contributed by atoms with Gasteiger partial charge in [0, 0.05) is 0 Å². The second kappa shape index (κ2) is 7.07. The number of hydrogen-bond acceptors (Lipinski definition) is 3. The lowest BCUT2D eigenvalue weighted by Crippen LogP contribution is -2.24.